The van der Waals surface area contributed by atoms with E-state index in [0.717, 1.165) is 56.2 Å². The number of benzene rings is 2. The van der Waals surface area contributed by atoms with E-state index in [-0.39, 0.29) is 11.3 Å². The maximum absolute atomic E-state index is 13.1. The molecule has 3 fully saturated rings. The van der Waals surface area contributed by atoms with Crippen molar-refractivity contribution >= 4 is 27.0 Å². The second-order valence-electron chi connectivity index (χ2n) is 12.6. The van der Waals surface area contributed by atoms with Crippen LogP contribution in [0.5, 0.6) is 0 Å². The van der Waals surface area contributed by atoms with Gasteiger partial charge in [-0.25, -0.2) is 18.1 Å². The van der Waals surface area contributed by atoms with Gasteiger partial charge in [-0.15, -0.1) is 0 Å². The first kappa shape index (κ1) is 29.3. The number of fused-ring (bicyclic) bond motifs is 3. The van der Waals surface area contributed by atoms with E-state index in [9.17, 15) is 18.3 Å². The average molecular weight is 594 g/mol. The number of hydrogen-bond donors (Lipinski definition) is 2. The Kier molecular flexibility index (Phi) is 8.17. The molecular formula is C32H43N5O4S. The molecule has 0 aliphatic carbocycles. The summed E-state index contributed by atoms with van der Waals surface area (Å²) in [7, 11) is -3.61. The van der Waals surface area contributed by atoms with Crippen LogP contribution in [0.3, 0.4) is 0 Å². The fraction of sp³-hybridized carbons (Fsp3) is 0.562. The second kappa shape index (κ2) is 11.7. The van der Waals surface area contributed by atoms with Crippen molar-refractivity contribution in [2.45, 2.75) is 81.5 Å². The molecule has 4 heterocycles. The van der Waals surface area contributed by atoms with Gasteiger partial charge in [-0.3, -0.25) is 9.69 Å². The highest BCUT2D eigenvalue weighted by atomic mass is 32.2. The van der Waals surface area contributed by atoms with E-state index >= 15 is 0 Å². The highest BCUT2D eigenvalue weighted by Gasteiger charge is 2.44. The lowest BCUT2D eigenvalue weighted by atomic mass is 9.70. The van der Waals surface area contributed by atoms with Crippen molar-refractivity contribution < 1.29 is 18.3 Å². The average Bonchev–Trinajstić information content (AvgIpc) is 3.45. The molecule has 2 bridgehead atoms. The van der Waals surface area contributed by atoms with Crippen molar-refractivity contribution in [3.8, 4) is 0 Å². The zero-order valence-electron chi connectivity index (χ0n) is 24.7. The van der Waals surface area contributed by atoms with Crippen molar-refractivity contribution in [3.05, 3.63) is 66.0 Å². The number of sulfonamides is 1. The Morgan fingerprint density at radius 3 is 2.31 bits per heavy atom. The smallest absolute Gasteiger partial charge is 0.243 e. The summed E-state index contributed by atoms with van der Waals surface area (Å²) in [4.78, 5) is 22.4. The topological polar surface area (TPSA) is 108 Å². The number of hydrogen-bond acceptors (Lipinski definition) is 6. The highest BCUT2D eigenvalue weighted by molar-refractivity contribution is 7.88. The third kappa shape index (κ3) is 5.74. The number of aliphatic hydroxyl groups is 1. The number of likely N-dealkylation sites (tertiary alicyclic amines) is 1. The van der Waals surface area contributed by atoms with E-state index in [1.807, 2.05) is 6.07 Å². The molecule has 3 aromatic rings. The van der Waals surface area contributed by atoms with Gasteiger partial charge in [-0.2, -0.15) is 0 Å². The number of aromatic nitrogens is 2. The van der Waals surface area contributed by atoms with Gasteiger partial charge in [0.05, 0.1) is 23.9 Å². The van der Waals surface area contributed by atoms with Gasteiger partial charge in [0.15, 0.2) is 0 Å². The van der Waals surface area contributed by atoms with E-state index in [1.54, 1.807) is 4.90 Å². The van der Waals surface area contributed by atoms with Gasteiger partial charge in [0.2, 0.25) is 15.9 Å². The van der Waals surface area contributed by atoms with E-state index < -0.39 is 22.7 Å². The van der Waals surface area contributed by atoms with Gasteiger partial charge < -0.3 is 14.6 Å². The first-order chi connectivity index (χ1) is 20.2. The van der Waals surface area contributed by atoms with E-state index in [2.05, 4.69) is 69.6 Å². The zero-order valence-corrected chi connectivity index (χ0v) is 25.5. The molecule has 3 aliphatic heterocycles. The number of nitrogens with one attached hydrogen (secondary N) is 1. The normalized spacial score (nSPS) is 25.1. The summed E-state index contributed by atoms with van der Waals surface area (Å²) in [6, 6.07) is 19.6. The molecule has 10 heteroatoms. The molecular weight excluding hydrogens is 550 g/mol. The number of aryl methyl sites for hydroxylation is 1. The molecule has 6 rings (SSSR count). The quantitative estimate of drug-likeness (QED) is 0.394. The van der Waals surface area contributed by atoms with Gasteiger partial charge in [0.25, 0.3) is 0 Å². The Morgan fingerprint density at radius 2 is 1.67 bits per heavy atom. The lowest BCUT2D eigenvalue weighted by molar-refractivity contribution is -0.135. The van der Waals surface area contributed by atoms with Crippen LogP contribution in [0.4, 0.5) is 0 Å². The molecule has 1 unspecified atom stereocenters. The van der Waals surface area contributed by atoms with Crippen LogP contribution in [0.2, 0.25) is 0 Å². The van der Waals surface area contributed by atoms with Gasteiger partial charge in [-0.1, -0.05) is 42.5 Å². The maximum atomic E-state index is 13.1. The molecule has 2 N–H and O–H groups in total. The Bertz CT molecular complexity index is 1500. The molecule has 2 aromatic carbocycles. The Hall–Kier alpha value is -2.79. The van der Waals surface area contributed by atoms with Crippen LogP contribution in [0.1, 0.15) is 62.4 Å². The number of carbonyl (C=O) groups excluding carboxylic acids is 1. The fourth-order valence-electron chi connectivity index (χ4n) is 8.06. The summed E-state index contributed by atoms with van der Waals surface area (Å²) in [5.74, 6) is 0.751. The summed E-state index contributed by atoms with van der Waals surface area (Å²) < 4.78 is 28.2. The number of nitrogens with zero attached hydrogens (tertiary/aromatic N) is 4. The number of amides is 1. The number of aliphatic hydroxyl groups excluding tert-OH is 1. The van der Waals surface area contributed by atoms with Gasteiger partial charge in [-0.05, 0) is 81.5 Å². The summed E-state index contributed by atoms with van der Waals surface area (Å²) >= 11 is 0. The molecule has 3 saturated heterocycles. The van der Waals surface area contributed by atoms with Crippen LogP contribution in [0.15, 0.2) is 54.6 Å². The number of imidazole rings is 1. The molecule has 1 aromatic heterocycles. The van der Waals surface area contributed by atoms with Crippen molar-refractivity contribution in [2.75, 3.05) is 32.5 Å². The summed E-state index contributed by atoms with van der Waals surface area (Å²) in [6.07, 6.45) is 8.43. The van der Waals surface area contributed by atoms with Crippen LogP contribution in [0, 0.1) is 6.92 Å². The third-order valence-corrected chi connectivity index (χ3v) is 10.8. The van der Waals surface area contributed by atoms with E-state index in [4.69, 9.17) is 4.98 Å². The molecule has 9 nitrogen and oxygen atoms in total. The van der Waals surface area contributed by atoms with Crippen LogP contribution in [0.25, 0.3) is 11.0 Å². The molecule has 0 saturated carbocycles. The molecule has 226 valence electrons. The van der Waals surface area contributed by atoms with E-state index in [1.165, 1.54) is 23.9 Å². The SMILES string of the molecule is Cc1nc2ccccc2n1C1C[C@H]2CC[C@@H](C1)N2CCC1(c2ccccc2)CCN(C(=O)[C@H](CO)NS(C)(=O)=O)CC1. The number of carbonyl (C=O) groups is 1. The van der Waals surface area contributed by atoms with Crippen molar-refractivity contribution in [1.29, 1.82) is 0 Å². The van der Waals surface area contributed by atoms with Crippen LogP contribution in [-0.2, 0) is 20.2 Å². The van der Waals surface area contributed by atoms with E-state index in [0.29, 0.717) is 31.2 Å². The fourth-order valence-corrected chi connectivity index (χ4v) is 8.76. The number of para-hydroxylation sites is 2. The van der Waals surface area contributed by atoms with Crippen molar-refractivity contribution in [2.24, 2.45) is 0 Å². The number of piperidine rings is 2. The second-order valence-corrected chi connectivity index (χ2v) is 14.4. The minimum absolute atomic E-state index is 0.0512. The monoisotopic (exact) mass is 593 g/mol. The molecule has 4 atom stereocenters. The zero-order chi connectivity index (χ0) is 29.5. The highest BCUT2D eigenvalue weighted by Crippen LogP contribution is 2.45. The first-order valence-corrected chi connectivity index (χ1v) is 17.2. The maximum Gasteiger partial charge on any atom is 0.243 e. The summed E-state index contributed by atoms with van der Waals surface area (Å²) in [6.45, 7) is 3.69. The van der Waals surface area contributed by atoms with Crippen LogP contribution >= 0.6 is 0 Å². The molecule has 42 heavy (non-hydrogen) atoms. The molecule has 0 radical (unpaired) electrons. The van der Waals surface area contributed by atoms with Crippen LogP contribution in [-0.4, -0.2) is 89.4 Å². The number of rotatable bonds is 9. The lowest BCUT2D eigenvalue weighted by Gasteiger charge is -2.46. The third-order valence-electron chi connectivity index (χ3n) is 10.1. The van der Waals surface area contributed by atoms with Crippen molar-refractivity contribution in [1.82, 2.24) is 24.1 Å². The van der Waals surface area contributed by atoms with Gasteiger partial charge >= 0.3 is 0 Å². The predicted octanol–water partition coefficient (Wildman–Crippen LogP) is 3.37. The first-order valence-electron chi connectivity index (χ1n) is 15.3. The van der Waals surface area contributed by atoms with Crippen molar-refractivity contribution in [3.63, 3.8) is 0 Å². The predicted molar refractivity (Wildman–Crippen MR) is 164 cm³/mol. The largest absolute Gasteiger partial charge is 0.394 e. The minimum Gasteiger partial charge on any atom is -0.394 e. The minimum atomic E-state index is -3.61. The standard InChI is InChI=1S/C32H43N5O4S/c1-23-33-28-10-6-7-11-30(28)37(23)27-20-25-12-13-26(21-27)36(25)19-16-32(24-8-4-3-5-9-24)14-17-35(18-15-32)31(39)29(22-38)34-42(2,40)41/h3-11,25-27,29,34,38H,12-22H2,1-2H3/t25-,26+,27?,29-/m0/s1. The lowest BCUT2D eigenvalue weighted by Crippen LogP contribution is -2.54. The van der Waals surface area contributed by atoms with Crippen LogP contribution < -0.4 is 4.72 Å². The summed E-state index contributed by atoms with van der Waals surface area (Å²) in [5.41, 5.74) is 3.58. The Balaban J connectivity index is 1.15. The molecule has 1 amide bonds. The molecule has 0 spiro atoms. The Morgan fingerprint density at radius 1 is 1.02 bits per heavy atom. The van der Waals surface area contributed by atoms with Gasteiger partial charge in [0, 0.05) is 31.2 Å². The van der Waals surface area contributed by atoms with Gasteiger partial charge in [0.1, 0.15) is 11.9 Å². The summed E-state index contributed by atoms with van der Waals surface area (Å²) in [5, 5.41) is 9.72. The Labute approximate surface area is 249 Å². The molecule has 3 aliphatic rings.